The molecule has 0 bridgehead atoms. The molecular weight excluding hydrogens is 616 g/mol. The summed E-state index contributed by atoms with van der Waals surface area (Å²) in [6.45, 7) is 9.36. The number of aliphatic hydroxyl groups excluding tert-OH is 1. The van der Waals surface area contributed by atoms with E-state index < -0.39 is 46.9 Å². The summed E-state index contributed by atoms with van der Waals surface area (Å²) >= 11 is 0. The molecule has 5 atom stereocenters. The maximum Gasteiger partial charge on any atom is 0.404 e. The molecule has 5 unspecified atom stereocenters. The van der Waals surface area contributed by atoms with E-state index in [-0.39, 0.29) is 24.7 Å². The Labute approximate surface area is 272 Å². The van der Waals surface area contributed by atoms with Crippen LogP contribution in [0.1, 0.15) is 73.1 Å². The third-order valence-electron chi connectivity index (χ3n) is 6.56. The van der Waals surface area contributed by atoms with Crippen LogP contribution in [0.25, 0.3) is 0 Å². The SMILES string of the molecule is CC(C)=CC(=O)N/C=C/C(C)=C/C(C)C1C/C(C)=C/C=C/CCC(OS(=O)(=O)O)/C=C/C(O)C(OC(N)=O)CCC/C=C/C(=O)O1. The summed E-state index contributed by atoms with van der Waals surface area (Å²) in [5.41, 5.74) is 7.81. The van der Waals surface area contributed by atoms with Crippen molar-refractivity contribution in [3.8, 4) is 0 Å². The van der Waals surface area contributed by atoms with Crippen molar-refractivity contribution >= 4 is 28.4 Å². The van der Waals surface area contributed by atoms with Gasteiger partial charge in [0, 0.05) is 30.7 Å². The molecule has 46 heavy (non-hydrogen) atoms. The molecule has 0 aromatic heterocycles. The molecule has 2 amide bonds. The fourth-order valence-electron chi connectivity index (χ4n) is 4.39. The molecule has 1 rings (SSSR count). The van der Waals surface area contributed by atoms with Crippen LogP contribution in [0.5, 0.6) is 0 Å². The second-order valence-electron chi connectivity index (χ2n) is 11.3. The summed E-state index contributed by atoms with van der Waals surface area (Å²) in [5, 5.41) is 13.3. The largest absolute Gasteiger partial charge is 0.458 e. The highest BCUT2D eigenvalue weighted by molar-refractivity contribution is 7.80. The van der Waals surface area contributed by atoms with E-state index in [1.54, 1.807) is 30.5 Å². The number of carbonyl (C=O) groups excluding carboxylic acids is 3. The number of nitrogens with one attached hydrogen (secondary N) is 1. The number of nitrogens with two attached hydrogens (primary N) is 1. The first-order valence-corrected chi connectivity index (χ1v) is 16.4. The van der Waals surface area contributed by atoms with Crippen LogP contribution < -0.4 is 11.1 Å². The Morgan fingerprint density at radius 3 is 2.52 bits per heavy atom. The van der Waals surface area contributed by atoms with E-state index in [1.807, 2.05) is 46.8 Å². The van der Waals surface area contributed by atoms with Gasteiger partial charge >= 0.3 is 22.5 Å². The van der Waals surface area contributed by atoms with Gasteiger partial charge in [-0.1, -0.05) is 66.2 Å². The van der Waals surface area contributed by atoms with Crippen LogP contribution in [0.3, 0.4) is 0 Å². The number of allylic oxidation sites excluding steroid dienone is 7. The van der Waals surface area contributed by atoms with Gasteiger partial charge < -0.3 is 25.6 Å². The van der Waals surface area contributed by atoms with Gasteiger partial charge in [-0.3, -0.25) is 9.35 Å². The van der Waals surface area contributed by atoms with Gasteiger partial charge in [-0.2, -0.15) is 8.42 Å². The van der Waals surface area contributed by atoms with E-state index in [0.717, 1.165) is 16.7 Å². The normalized spacial score (nSPS) is 26.8. The predicted molar refractivity (Wildman–Crippen MR) is 175 cm³/mol. The van der Waals surface area contributed by atoms with Crippen LogP contribution >= 0.6 is 0 Å². The van der Waals surface area contributed by atoms with Crippen molar-refractivity contribution in [1.82, 2.24) is 5.32 Å². The van der Waals surface area contributed by atoms with E-state index in [9.17, 15) is 32.5 Å². The first-order chi connectivity index (χ1) is 21.6. The lowest BCUT2D eigenvalue weighted by atomic mass is 9.95. The van der Waals surface area contributed by atoms with Crippen molar-refractivity contribution in [2.24, 2.45) is 11.7 Å². The van der Waals surface area contributed by atoms with Crippen LogP contribution in [0, 0.1) is 5.92 Å². The van der Waals surface area contributed by atoms with Gasteiger partial charge in [-0.05, 0) is 65.9 Å². The number of ether oxygens (including phenoxy) is 2. The molecule has 1 aliphatic heterocycles. The van der Waals surface area contributed by atoms with Gasteiger partial charge in [-0.25, -0.2) is 13.8 Å². The van der Waals surface area contributed by atoms with Crippen LogP contribution in [0.15, 0.2) is 83.7 Å². The molecule has 0 aromatic rings. The van der Waals surface area contributed by atoms with Gasteiger partial charge in [0.15, 0.2) is 0 Å². The lowest BCUT2D eigenvalue weighted by Gasteiger charge is -2.22. The molecule has 1 aliphatic rings. The van der Waals surface area contributed by atoms with E-state index in [4.69, 9.17) is 19.4 Å². The number of hydrogen-bond donors (Lipinski definition) is 4. The zero-order chi connectivity index (χ0) is 34.7. The highest BCUT2D eigenvalue weighted by Crippen LogP contribution is 2.21. The number of carbonyl (C=O) groups is 3. The third-order valence-corrected chi connectivity index (χ3v) is 7.05. The Morgan fingerprint density at radius 2 is 1.87 bits per heavy atom. The molecule has 0 aliphatic carbocycles. The molecule has 0 spiro atoms. The molecule has 12 nitrogen and oxygen atoms in total. The summed E-state index contributed by atoms with van der Waals surface area (Å²) in [6.07, 6.45) is 14.4. The Hall–Kier alpha value is -3.78. The quantitative estimate of drug-likeness (QED) is 0.0897. The Bertz CT molecular complexity index is 1340. The van der Waals surface area contributed by atoms with Crippen molar-refractivity contribution < 1.29 is 46.1 Å². The van der Waals surface area contributed by atoms with E-state index in [2.05, 4.69) is 5.32 Å². The van der Waals surface area contributed by atoms with Crippen LogP contribution in [-0.2, 0) is 33.6 Å². The molecule has 0 saturated heterocycles. The zero-order valence-corrected chi connectivity index (χ0v) is 27.9. The zero-order valence-electron chi connectivity index (χ0n) is 27.1. The van der Waals surface area contributed by atoms with Crippen molar-refractivity contribution in [3.63, 3.8) is 0 Å². The fourth-order valence-corrected chi connectivity index (χ4v) is 4.87. The van der Waals surface area contributed by atoms with Crippen LogP contribution in [-0.4, -0.2) is 60.5 Å². The van der Waals surface area contributed by atoms with Gasteiger partial charge in [0.2, 0.25) is 5.91 Å². The topological polar surface area (TPSA) is 192 Å². The number of rotatable bonds is 8. The average molecular weight is 665 g/mol. The summed E-state index contributed by atoms with van der Waals surface area (Å²) in [6, 6.07) is 0. The molecule has 1 heterocycles. The molecule has 0 saturated carbocycles. The summed E-state index contributed by atoms with van der Waals surface area (Å²) in [5.74, 6) is -0.950. The minimum absolute atomic E-state index is 0.141. The minimum atomic E-state index is -4.78. The van der Waals surface area contributed by atoms with Crippen molar-refractivity contribution in [1.29, 1.82) is 0 Å². The maximum atomic E-state index is 12.8. The van der Waals surface area contributed by atoms with E-state index in [1.165, 1.54) is 24.3 Å². The number of aliphatic hydroxyl groups is 1. The molecule has 256 valence electrons. The highest BCUT2D eigenvalue weighted by Gasteiger charge is 2.22. The minimum Gasteiger partial charge on any atom is -0.458 e. The average Bonchev–Trinajstić information content (AvgIpc) is 2.92. The molecular formula is C33H48N2O10S. The van der Waals surface area contributed by atoms with E-state index in [0.29, 0.717) is 25.7 Å². The molecule has 0 fully saturated rings. The number of hydrogen-bond acceptors (Lipinski definition) is 9. The van der Waals surface area contributed by atoms with Crippen LogP contribution in [0.2, 0.25) is 0 Å². The first kappa shape index (κ1) is 40.2. The second-order valence-corrected chi connectivity index (χ2v) is 12.3. The monoisotopic (exact) mass is 664 g/mol. The summed E-state index contributed by atoms with van der Waals surface area (Å²) in [4.78, 5) is 36.0. The number of esters is 1. The highest BCUT2D eigenvalue weighted by atomic mass is 32.3. The second kappa shape index (κ2) is 21.1. The van der Waals surface area contributed by atoms with Gasteiger partial charge in [0.1, 0.15) is 18.3 Å². The lowest BCUT2D eigenvalue weighted by Crippen LogP contribution is -2.32. The van der Waals surface area contributed by atoms with Crippen molar-refractivity contribution in [2.75, 3.05) is 0 Å². The maximum absolute atomic E-state index is 12.8. The molecule has 0 aromatic carbocycles. The Kier molecular flexibility index (Phi) is 18.5. The van der Waals surface area contributed by atoms with E-state index >= 15 is 0 Å². The van der Waals surface area contributed by atoms with Crippen LogP contribution in [0.4, 0.5) is 4.79 Å². The van der Waals surface area contributed by atoms with Crippen molar-refractivity contribution in [2.45, 2.75) is 97.6 Å². The van der Waals surface area contributed by atoms with Crippen molar-refractivity contribution in [3.05, 3.63) is 83.7 Å². The van der Waals surface area contributed by atoms with Gasteiger partial charge in [0.05, 0.1) is 6.10 Å². The molecule has 0 radical (unpaired) electrons. The molecule has 5 N–H and O–H groups in total. The smallest absolute Gasteiger partial charge is 0.404 e. The van der Waals surface area contributed by atoms with Gasteiger partial charge in [-0.15, -0.1) is 0 Å². The molecule has 13 heteroatoms. The number of primary amides is 1. The fraction of sp³-hybridized carbons (Fsp3) is 0.485. The number of amides is 2. The first-order valence-electron chi connectivity index (χ1n) is 15.0. The third kappa shape index (κ3) is 19.6. The summed E-state index contributed by atoms with van der Waals surface area (Å²) < 4.78 is 47.5. The Morgan fingerprint density at radius 1 is 1.15 bits per heavy atom. The predicted octanol–water partition coefficient (Wildman–Crippen LogP) is 5.06. The lowest BCUT2D eigenvalue weighted by molar-refractivity contribution is -0.144. The van der Waals surface area contributed by atoms with Gasteiger partial charge in [0.25, 0.3) is 0 Å². The summed E-state index contributed by atoms with van der Waals surface area (Å²) in [7, 11) is -4.78. The standard InChI is InChI=1S/C33H48N2O10S/c1-23(2)20-31(37)35-19-18-25(4)21-26(5)30-22-24(3)12-8-6-9-13-27(45-46(40,41)42)16-17-28(36)29(44-33(34)39)14-10-7-11-15-32(38)43-30/h6,8,11-12,15-21,26-30,36H,7,9-10,13-14,22H2,1-5H3,(H2,34,39)(H,35,37)(H,40,41,42)/b8-6+,15-11+,17-16+,19-18+,24-12+,25-21+. The number of cyclic esters (lactones) is 1. The Balaban J connectivity index is 3.23.